The van der Waals surface area contributed by atoms with Gasteiger partial charge in [0.2, 0.25) is 0 Å². The lowest BCUT2D eigenvalue weighted by Crippen LogP contribution is -2.16. The van der Waals surface area contributed by atoms with Crippen LogP contribution in [0.25, 0.3) is 0 Å². The zero-order chi connectivity index (χ0) is 11.9. The molecule has 0 atom stereocenters. The number of rotatable bonds is 5. The molecule has 0 radical (unpaired) electrons. The average molecular weight is 231 g/mol. The van der Waals surface area contributed by atoms with Gasteiger partial charge in [0.1, 0.15) is 18.0 Å². The molecule has 90 valence electrons. The maximum atomic E-state index is 8.45. The first-order chi connectivity index (χ1) is 8.38. The van der Waals surface area contributed by atoms with Crippen LogP contribution >= 0.6 is 0 Å². The van der Waals surface area contributed by atoms with Crippen molar-refractivity contribution in [1.82, 2.24) is 9.97 Å². The molecule has 0 aromatic carbocycles. The highest BCUT2D eigenvalue weighted by atomic mass is 15.1. The van der Waals surface area contributed by atoms with Gasteiger partial charge < -0.3 is 10.6 Å². The lowest BCUT2D eigenvalue weighted by atomic mass is 10.2. The lowest BCUT2D eigenvalue weighted by Gasteiger charge is -2.13. The Kier molecular flexibility index (Phi) is 4.14. The van der Waals surface area contributed by atoms with E-state index in [2.05, 4.69) is 26.7 Å². The monoisotopic (exact) mass is 231 g/mol. The Bertz CT molecular complexity index is 392. The first-order valence-corrected chi connectivity index (χ1v) is 6.08. The summed E-state index contributed by atoms with van der Waals surface area (Å²) in [6, 6.07) is 4.54. The van der Waals surface area contributed by atoms with Gasteiger partial charge in [-0.1, -0.05) is 12.8 Å². The van der Waals surface area contributed by atoms with Gasteiger partial charge in [-0.25, -0.2) is 9.97 Å². The summed E-state index contributed by atoms with van der Waals surface area (Å²) in [5.41, 5.74) is 0. The molecule has 0 spiro atoms. The molecular weight excluding hydrogens is 214 g/mol. The van der Waals surface area contributed by atoms with Crippen LogP contribution in [0.1, 0.15) is 32.1 Å². The van der Waals surface area contributed by atoms with E-state index >= 15 is 0 Å². The smallest absolute Gasteiger partial charge is 0.131 e. The summed E-state index contributed by atoms with van der Waals surface area (Å²) >= 11 is 0. The highest BCUT2D eigenvalue weighted by Gasteiger charge is 2.14. The van der Waals surface area contributed by atoms with Crippen LogP contribution in [0.2, 0.25) is 0 Å². The number of hydrogen-bond donors (Lipinski definition) is 2. The molecular formula is C12H17N5. The molecule has 0 bridgehead atoms. The van der Waals surface area contributed by atoms with E-state index in [1.165, 1.54) is 25.7 Å². The highest BCUT2D eigenvalue weighted by molar-refractivity contribution is 5.47. The Morgan fingerprint density at radius 2 is 2.06 bits per heavy atom. The Morgan fingerprint density at radius 1 is 1.29 bits per heavy atom. The summed E-state index contributed by atoms with van der Waals surface area (Å²) in [4.78, 5) is 8.32. The first kappa shape index (κ1) is 11.6. The second kappa shape index (κ2) is 6.04. The summed E-state index contributed by atoms with van der Waals surface area (Å²) in [6.07, 6.45) is 7.08. The van der Waals surface area contributed by atoms with E-state index in [1.807, 2.05) is 6.07 Å². The van der Waals surface area contributed by atoms with Crippen molar-refractivity contribution in [2.24, 2.45) is 0 Å². The number of nitrogens with one attached hydrogen (secondary N) is 2. The molecule has 1 aromatic heterocycles. The number of nitrogens with zero attached hydrogens (tertiary/aromatic N) is 3. The van der Waals surface area contributed by atoms with Crippen molar-refractivity contribution in [3.05, 3.63) is 12.4 Å². The number of aromatic nitrogens is 2. The average Bonchev–Trinajstić information content (AvgIpc) is 2.83. The van der Waals surface area contributed by atoms with Gasteiger partial charge in [0.15, 0.2) is 0 Å². The van der Waals surface area contributed by atoms with E-state index in [0.717, 1.165) is 11.6 Å². The van der Waals surface area contributed by atoms with Crippen LogP contribution in [-0.4, -0.2) is 22.6 Å². The van der Waals surface area contributed by atoms with Crippen LogP contribution in [0.5, 0.6) is 0 Å². The molecule has 17 heavy (non-hydrogen) atoms. The van der Waals surface area contributed by atoms with Gasteiger partial charge >= 0.3 is 0 Å². The van der Waals surface area contributed by atoms with Gasteiger partial charge in [0.05, 0.1) is 12.5 Å². The topological polar surface area (TPSA) is 73.6 Å². The van der Waals surface area contributed by atoms with E-state index in [4.69, 9.17) is 5.26 Å². The van der Waals surface area contributed by atoms with Crippen LogP contribution in [0.3, 0.4) is 0 Å². The standard InChI is InChI=1S/C12H17N5/c13-6-3-7-14-11-8-12(16-9-15-11)17-10-4-1-2-5-10/h8-10H,1-5,7H2,(H2,14,15,16,17). The third kappa shape index (κ3) is 3.59. The van der Waals surface area contributed by atoms with E-state index in [0.29, 0.717) is 19.0 Å². The summed E-state index contributed by atoms with van der Waals surface area (Å²) < 4.78 is 0. The van der Waals surface area contributed by atoms with E-state index in [-0.39, 0.29) is 0 Å². The van der Waals surface area contributed by atoms with Crippen molar-refractivity contribution in [1.29, 1.82) is 5.26 Å². The Balaban J connectivity index is 1.89. The molecule has 5 nitrogen and oxygen atoms in total. The molecule has 1 fully saturated rings. The predicted octanol–water partition coefficient (Wildman–Crippen LogP) is 2.16. The number of hydrogen-bond acceptors (Lipinski definition) is 5. The molecule has 0 saturated heterocycles. The van der Waals surface area contributed by atoms with E-state index < -0.39 is 0 Å². The summed E-state index contributed by atoms with van der Waals surface area (Å²) in [6.45, 7) is 0.621. The zero-order valence-electron chi connectivity index (χ0n) is 9.82. The molecule has 0 aliphatic heterocycles. The van der Waals surface area contributed by atoms with Gasteiger partial charge in [-0.05, 0) is 12.8 Å². The normalized spacial score (nSPS) is 15.5. The minimum absolute atomic E-state index is 0.482. The Labute approximate surface area is 101 Å². The minimum Gasteiger partial charge on any atom is -0.369 e. The van der Waals surface area contributed by atoms with Crippen molar-refractivity contribution < 1.29 is 0 Å². The predicted molar refractivity (Wildman–Crippen MR) is 66.6 cm³/mol. The minimum atomic E-state index is 0.482. The van der Waals surface area contributed by atoms with Gasteiger partial charge in [-0.15, -0.1) is 0 Å². The first-order valence-electron chi connectivity index (χ1n) is 6.08. The highest BCUT2D eigenvalue weighted by Crippen LogP contribution is 2.21. The largest absolute Gasteiger partial charge is 0.369 e. The maximum absolute atomic E-state index is 8.45. The fourth-order valence-corrected chi connectivity index (χ4v) is 2.06. The van der Waals surface area contributed by atoms with Crippen molar-refractivity contribution in [2.75, 3.05) is 17.2 Å². The zero-order valence-corrected chi connectivity index (χ0v) is 9.82. The molecule has 2 N–H and O–H groups in total. The summed E-state index contributed by atoms with van der Waals surface area (Å²) in [5.74, 6) is 1.64. The molecule has 2 rings (SSSR count). The van der Waals surface area contributed by atoms with Crippen molar-refractivity contribution in [3.8, 4) is 6.07 Å². The lowest BCUT2D eigenvalue weighted by molar-refractivity contribution is 0.750. The SMILES string of the molecule is N#CCCNc1cc(NC2CCCC2)ncn1. The summed E-state index contributed by atoms with van der Waals surface area (Å²) in [7, 11) is 0. The third-order valence-corrected chi connectivity index (χ3v) is 2.92. The van der Waals surface area contributed by atoms with Crippen molar-refractivity contribution >= 4 is 11.6 Å². The Morgan fingerprint density at radius 3 is 2.82 bits per heavy atom. The fourth-order valence-electron chi connectivity index (χ4n) is 2.06. The Hall–Kier alpha value is -1.83. The van der Waals surface area contributed by atoms with Gasteiger partial charge in [0, 0.05) is 18.7 Å². The number of anilines is 2. The van der Waals surface area contributed by atoms with Crippen LogP contribution in [0.15, 0.2) is 12.4 Å². The van der Waals surface area contributed by atoms with Crippen LogP contribution in [0.4, 0.5) is 11.6 Å². The molecule has 0 amide bonds. The quantitative estimate of drug-likeness (QED) is 0.760. The van der Waals surface area contributed by atoms with Gasteiger partial charge in [-0.2, -0.15) is 5.26 Å². The van der Waals surface area contributed by atoms with Crippen LogP contribution < -0.4 is 10.6 Å². The van der Waals surface area contributed by atoms with Crippen LogP contribution in [0, 0.1) is 11.3 Å². The molecule has 1 aliphatic carbocycles. The van der Waals surface area contributed by atoms with Crippen molar-refractivity contribution in [3.63, 3.8) is 0 Å². The molecule has 1 saturated carbocycles. The summed E-state index contributed by atoms with van der Waals surface area (Å²) in [5, 5.41) is 15.0. The second-order valence-corrected chi connectivity index (χ2v) is 4.25. The molecule has 1 aliphatic rings. The maximum Gasteiger partial charge on any atom is 0.131 e. The van der Waals surface area contributed by atoms with Crippen molar-refractivity contribution in [2.45, 2.75) is 38.1 Å². The second-order valence-electron chi connectivity index (χ2n) is 4.25. The number of nitriles is 1. The van der Waals surface area contributed by atoms with Gasteiger partial charge in [0.25, 0.3) is 0 Å². The fraction of sp³-hybridized carbons (Fsp3) is 0.583. The molecule has 5 heteroatoms. The van der Waals surface area contributed by atoms with Crippen LogP contribution in [-0.2, 0) is 0 Å². The molecule has 1 aromatic rings. The van der Waals surface area contributed by atoms with E-state index in [1.54, 1.807) is 6.33 Å². The van der Waals surface area contributed by atoms with E-state index in [9.17, 15) is 0 Å². The van der Waals surface area contributed by atoms with Gasteiger partial charge in [-0.3, -0.25) is 0 Å². The third-order valence-electron chi connectivity index (χ3n) is 2.92. The molecule has 0 unspecified atom stereocenters. The molecule has 1 heterocycles.